The fourth-order valence-corrected chi connectivity index (χ4v) is 3.25. The molecule has 0 unspecified atom stereocenters. The van der Waals surface area contributed by atoms with Gasteiger partial charge in [-0.1, -0.05) is 19.6 Å². The van der Waals surface area contributed by atoms with Gasteiger partial charge in [0.15, 0.2) is 27.1 Å². The maximum Gasteiger partial charge on any atom is 0.231 e. The van der Waals surface area contributed by atoms with Crippen molar-refractivity contribution in [3.8, 4) is 11.5 Å². The molecule has 7 heteroatoms. The van der Waals surface area contributed by atoms with Crippen molar-refractivity contribution in [1.29, 1.82) is 0 Å². The number of carbonyl (C=O) groups is 1. The van der Waals surface area contributed by atoms with Gasteiger partial charge in [0.25, 0.3) is 0 Å². The van der Waals surface area contributed by atoms with Crippen LogP contribution in [0.2, 0.25) is 0 Å². The van der Waals surface area contributed by atoms with Gasteiger partial charge >= 0.3 is 0 Å². The molecular weight excluding hydrogens is 356 g/mol. The molecule has 26 heavy (non-hydrogen) atoms. The second kappa shape index (κ2) is 9.00. The Bertz CT molecular complexity index is 808. The lowest BCUT2D eigenvalue weighted by atomic mass is 9.96. The van der Waals surface area contributed by atoms with E-state index in [-0.39, 0.29) is 36.3 Å². The standard InChI is InChI=1S/C19H24O6S/c1-3-26(22,23)14(2)7-4-5-9-17(21)16-12-19-18(24-13-25-19)11-15(16)8-6-10-20/h4,7,11-12,20H,2-3,5-6,8-10,13H2,1H3/b7-4-. The molecule has 0 aromatic heterocycles. The Morgan fingerprint density at radius 1 is 1.31 bits per heavy atom. The first kappa shape index (κ1) is 20.2. The number of rotatable bonds is 10. The normalized spacial score (nSPS) is 13.3. The summed E-state index contributed by atoms with van der Waals surface area (Å²) < 4.78 is 34.0. The van der Waals surface area contributed by atoms with Crippen LogP contribution in [0.1, 0.15) is 42.1 Å². The highest BCUT2D eigenvalue weighted by molar-refractivity contribution is 7.95. The summed E-state index contributed by atoms with van der Waals surface area (Å²) in [5.41, 5.74) is 1.37. The number of hydrogen-bond donors (Lipinski definition) is 1. The van der Waals surface area contributed by atoms with Gasteiger partial charge in [-0.3, -0.25) is 4.79 Å². The van der Waals surface area contributed by atoms with Crippen LogP contribution in [0.15, 0.2) is 35.8 Å². The zero-order chi connectivity index (χ0) is 19.2. The molecule has 0 amide bonds. The van der Waals surface area contributed by atoms with E-state index in [1.165, 1.54) is 6.08 Å². The molecule has 0 saturated carbocycles. The van der Waals surface area contributed by atoms with Crippen molar-refractivity contribution in [2.75, 3.05) is 19.2 Å². The van der Waals surface area contributed by atoms with Crippen LogP contribution < -0.4 is 9.47 Å². The smallest absolute Gasteiger partial charge is 0.231 e. The summed E-state index contributed by atoms with van der Waals surface area (Å²) in [4.78, 5) is 12.6. The minimum absolute atomic E-state index is 0.000513. The van der Waals surface area contributed by atoms with Crippen LogP contribution >= 0.6 is 0 Å². The maximum absolute atomic E-state index is 12.6. The SMILES string of the molecule is C=C(/C=C\CCC(=O)c1cc2c(cc1CCCO)OCO2)S(=O)(=O)CC. The van der Waals surface area contributed by atoms with E-state index in [1.807, 2.05) is 0 Å². The minimum Gasteiger partial charge on any atom is -0.454 e. The fraction of sp³-hybridized carbons (Fsp3) is 0.421. The average Bonchev–Trinajstić information content (AvgIpc) is 3.09. The Labute approximate surface area is 154 Å². The van der Waals surface area contributed by atoms with E-state index in [9.17, 15) is 13.2 Å². The minimum atomic E-state index is -3.30. The lowest BCUT2D eigenvalue weighted by Crippen LogP contribution is -2.05. The predicted octanol–water partition coefficient (Wildman–Crippen LogP) is 2.81. The fourth-order valence-electron chi connectivity index (χ4n) is 2.57. The topological polar surface area (TPSA) is 89.9 Å². The predicted molar refractivity (Wildman–Crippen MR) is 99.3 cm³/mol. The molecule has 0 saturated heterocycles. The number of sulfone groups is 1. The van der Waals surface area contributed by atoms with Crippen molar-refractivity contribution in [1.82, 2.24) is 0 Å². The molecule has 6 nitrogen and oxygen atoms in total. The van der Waals surface area contributed by atoms with E-state index in [1.54, 1.807) is 25.1 Å². The number of fused-ring (bicyclic) bond motifs is 1. The largest absolute Gasteiger partial charge is 0.454 e. The third kappa shape index (κ3) is 4.95. The van der Waals surface area contributed by atoms with Crippen LogP contribution in [0.3, 0.4) is 0 Å². The molecule has 0 bridgehead atoms. The molecule has 1 aromatic carbocycles. The first-order valence-corrected chi connectivity index (χ1v) is 10.2. The quantitative estimate of drug-likeness (QED) is 0.496. The first-order valence-electron chi connectivity index (χ1n) is 8.53. The molecule has 2 rings (SSSR count). The molecule has 1 N–H and O–H groups in total. The molecule has 1 aliphatic heterocycles. The van der Waals surface area contributed by atoms with Gasteiger partial charge in [0.2, 0.25) is 6.79 Å². The van der Waals surface area contributed by atoms with Crippen LogP contribution in [0.5, 0.6) is 11.5 Å². The summed E-state index contributed by atoms with van der Waals surface area (Å²) in [5.74, 6) is 1.08. The average molecular weight is 380 g/mol. The highest BCUT2D eigenvalue weighted by atomic mass is 32.2. The number of allylic oxidation sites excluding steroid dienone is 2. The number of Topliss-reactive ketones (excluding diaryl/α,β-unsaturated/α-hetero) is 1. The highest BCUT2D eigenvalue weighted by Gasteiger charge is 2.20. The number of aryl methyl sites for hydroxylation is 1. The third-order valence-corrected chi connectivity index (χ3v) is 5.82. The molecule has 0 radical (unpaired) electrons. The van der Waals surface area contributed by atoms with Gasteiger partial charge in [-0.15, -0.1) is 0 Å². The highest BCUT2D eigenvalue weighted by Crippen LogP contribution is 2.35. The zero-order valence-corrected chi connectivity index (χ0v) is 15.7. The van der Waals surface area contributed by atoms with E-state index < -0.39 is 9.84 Å². The summed E-state index contributed by atoms with van der Waals surface area (Å²) in [5, 5.41) is 9.05. The molecular formula is C19H24O6S. The zero-order valence-electron chi connectivity index (χ0n) is 14.9. The Balaban J connectivity index is 2.06. The van der Waals surface area contributed by atoms with Gasteiger partial charge in [-0.05, 0) is 43.0 Å². The van der Waals surface area contributed by atoms with Crippen LogP contribution in [-0.2, 0) is 16.3 Å². The van der Waals surface area contributed by atoms with Crippen molar-refractivity contribution in [3.63, 3.8) is 0 Å². The second-order valence-corrected chi connectivity index (χ2v) is 8.25. The maximum atomic E-state index is 12.6. The number of ketones is 1. The number of hydrogen-bond acceptors (Lipinski definition) is 6. The van der Waals surface area contributed by atoms with Gasteiger partial charge in [0.1, 0.15) is 0 Å². The Kier molecular flexibility index (Phi) is 6.99. The summed E-state index contributed by atoms with van der Waals surface area (Å²) in [6.45, 7) is 5.28. The monoisotopic (exact) mass is 380 g/mol. The van der Waals surface area contributed by atoms with Crippen molar-refractivity contribution in [2.24, 2.45) is 0 Å². The molecule has 142 valence electrons. The number of aliphatic hydroxyl groups excluding tert-OH is 1. The lowest BCUT2D eigenvalue weighted by molar-refractivity contribution is 0.0982. The van der Waals surface area contributed by atoms with E-state index in [0.717, 1.165) is 5.56 Å². The third-order valence-electron chi connectivity index (χ3n) is 4.12. The molecule has 1 aromatic rings. The first-order chi connectivity index (χ1) is 12.4. The molecule has 0 fully saturated rings. The van der Waals surface area contributed by atoms with Crippen LogP contribution in [0.25, 0.3) is 0 Å². The van der Waals surface area contributed by atoms with Crippen molar-refractivity contribution in [3.05, 3.63) is 46.9 Å². The van der Waals surface area contributed by atoms with Crippen molar-refractivity contribution < 1.29 is 27.8 Å². The van der Waals surface area contributed by atoms with Crippen molar-refractivity contribution in [2.45, 2.75) is 32.6 Å². The molecule has 1 aliphatic rings. The summed E-state index contributed by atoms with van der Waals surface area (Å²) in [6, 6.07) is 3.47. The summed E-state index contributed by atoms with van der Waals surface area (Å²) >= 11 is 0. The van der Waals surface area contributed by atoms with Gasteiger partial charge < -0.3 is 14.6 Å². The lowest BCUT2D eigenvalue weighted by Gasteiger charge is -2.09. The van der Waals surface area contributed by atoms with Crippen LogP contribution in [0.4, 0.5) is 0 Å². The van der Waals surface area contributed by atoms with E-state index >= 15 is 0 Å². The second-order valence-electron chi connectivity index (χ2n) is 5.92. The number of aliphatic hydroxyl groups is 1. The number of carbonyl (C=O) groups excluding carboxylic acids is 1. The van der Waals surface area contributed by atoms with Gasteiger partial charge in [0.05, 0.1) is 10.7 Å². The molecule has 1 heterocycles. The Hall–Kier alpha value is -2.12. The van der Waals surface area contributed by atoms with E-state index in [4.69, 9.17) is 14.6 Å². The summed E-state index contributed by atoms with van der Waals surface area (Å²) in [7, 11) is -3.30. The molecule has 0 atom stereocenters. The van der Waals surface area contributed by atoms with Crippen LogP contribution in [-0.4, -0.2) is 38.5 Å². The molecule has 0 aliphatic carbocycles. The van der Waals surface area contributed by atoms with E-state index in [0.29, 0.717) is 36.3 Å². The number of ether oxygens (including phenoxy) is 2. The molecule has 0 spiro atoms. The number of benzene rings is 1. The Morgan fingerprint density at radius 2 is 2.00 bits per heavy atom. The summed E-state index contributed by atoms with van der Waals surface area (Å²) in [6.07, 6.45) is 4.85. The van der Waals surface area contributed by atoms with Gasteiger partial charge in [0, 0.05) is 18.6 Å². The van der Waals surface area contributed by atoms with Crippen LogP contribution in [0, 0.1) is 0 Å². The van der Waals surface area contributed by atoms with Gasteiger partial charge in [-0.25, -0.2) is 8.42 Å². The van der Waals surface area contributed by atoms with E-state index in [2.05, 4.69) is 6.58 Å². The Morgan fingerprint density at radius 3 is 2.65 bits per heavy atom. The van der Waals surface area contributed by atoms with Gasteiger partial charge in [-0.2, -0.15) is 0 Å². The van der Waals surface area contributed by atoms with Crippen molar-refractivity contribution >= 4 is 15.6 Å².